The molecule has 24 heavy (non-hydrogen) atoms. The Labute approximate surface area is 141 Å². The molecule has 5 nitrogen and oxygen atoms in total. The van der Waals surface area contributed by atoms with Crippen LogP contribution in [0.15, 0.2) is 48.5 Å². The topological polar surface area (TPSA) is 83.5 Å². The van der Waals surface area contributed by atoms with Crippen LogP contribution in [0.5, 0.6) is 5.75 Å². The number of benzene rings is 2. The summed E-state index contributed by atoms with van der Waals surface area (Å²) in [5.74, 6) is -0.490. The first-order valence-corrected chi connectivity index (χ1v) is 9.62. The van der Waals surface area contributed by atoms with Crippen molar-refractivity contribution in [3.05, 3.63) is 65.2 Å². The average Bonchev–Trinajstić information content (AvgIpc) is 2.89. The molecule has 2 N–H and O–H groups in total. The van der Waals surface area contributed by atoms with Crippen molar-refractivity contribution in [2.24, 2.45) is 0 Å². The minimum absolute atomic E-state index is 0.0385. The molecule has 1 aliphatic rings. The van der Waals surface area contributed by atoms with Crippen LogP contribution in [-0.2, 0) is 16.3 Å². The predicted molar refractivity (Wildman–Crippen MR) is 91.9 cm³/mol. The van der Waals surface area contributed by atoms with Gasteiger partial charge < -0.3 is 10.4 Å². The fraction of sp³-hybridized carbons (Fsp3) is 0.278. The van der Waals surface area contributed by atoms with E-state index in [1.807, 2.05) is 30.3 Å². The van der Waals surface area contributed by atoms with Gasteiger partial charge in [-0.3, -0.25) is 4.79 Å². The fourth-order valence-electron chi connectivity index (χ4n) is 2.88. The summed E-state index contributed by atoms with van der Waals surface area (Å²) < 4.78 is 23.0. The minimum Gasteiger partial charge on any atom is -0.507 e. The predicted octanol–water partition coefficient (Wildman–Crippen LogP) is 1.90. The van der Waals surface area contributed by atoms with Crippen LogP contribution in [-0.4, -0.2) is 37.0 Å². The Bertz CT molecular complexity index is 847. The van der Waals surface area contributed by atoms with Crippen LogP contribution >= 0.6 is 0 Å². The maximum Gasteiger partial charge on any atom is 0.255 e. The summed E-state index contributed by atoms with van der Waals surface area (Å²) in [6, 6.07) is 14.4. The number of sulfone groups is 1. The highest BCUT2D eigenvalue weighted by Crippen LogP contribution is 2.21. The number of aromatic hydroxyl groups is 1. The van der Waals surface area contributed by atoms with E-state index in [4.69, 9.17) is 0 Å². The highest BCUT2D eigenvalue weighted by molar-refractivity contribution is 7.91. The summed E-state index contributed by atoms with van der Waals surface area (Å²) in [6.07, 6.45) is 1.07. The first-order valence-electron chi connectivity index (χ1n) is 7.80. The molecule has 0 spiro atoms. The quantitative estimate of drug-likeness (QED) is 0.886. The third-order valence-corrected chi connectivity index (χ3v) is 5.89. The number of nitrogens with one attached hydrogen (secondary N) is 1. The van der Waals surface area contributed by atoms with Gasteiger partial charge in [-0.2, -0.15) is 0 Å². The average molecular weight is 345 g/mol. The van der Waals surface area contributed by atoms with E-state index in [0.29, 0.717) is 12.8 Å². The Hall–Kier alpha value is -2.34. The van der Waals surface area contributed by atoms with Crippen molar-refractivity contribution < 1.29 is 18.3 Å². The van der Waals surface area contributed by atoms with Gasteiger partial charge in [0.1, 0.15) is 5.75 Å². The zero-order valence-electron chi connectivity index (χ0n) is 13.1. The Morgan fingerprint density at radius 3 is 2.54 bits per heavy atom. The zero-order chi connectivity index (χ0) is 17.2. The van der Waals surface area contributed by atoms with Gasteiger partial charge in [-0.1, -0.05) is 36.4 Å². The Balaban J connectivity index is 1.75. The van der Waals surface area contributed by atoms with E-state index < -0.39 is 15.7 Å². The second-order valence-corrected chi connectivity index (χ2v) is 8.32. The smallest absolute Gasteiger partial charge is 0.255 e. The molecule has 1 fully saturated rings. The van der Waals surface area contributed by atoms with E-state index >= 15 is 0 Å². The van der Waals surface area contributed by atoms with Gasteiger partial charge >= 0.3 is 0 Å². The van der Waals surface area contributed by atoms with Crippen LogP contribution in [0, 0.1) is 0 Å². The van der Waals surface area contributed by atoms with E-state index in [2.05, 4.69) is 5.32 Å². The van der Waals surface area contributed by atoms with E-state index in [-0.39, 0.29) is 28.9 Å². The van der Waals surface area contributed by atoms with Crippen molar-refractivity contribution in [1.29, 1.82) is 0 Å². The van der Waals surface area contributed by atoms with Gasteiger partial charge in [0.05, 0.1) is 17.1 Å². The monoisotopic (exact) mass is 345 g/mol. The highest BCUT2D eigenvalue weighted by Gasteiger charge is 2.29. The zero-order valence-corrected chi connectivity index (χ0v) is 13.9. The second kappa shape index (κ2) is 6.65. The first-order chi connectivity index (χ1) is 11.4. The largest absolute Gasteiger partial charge is 0.507 e. The van der Waals surface area contributed by atoms with Crippen molar-refractivity contribution >= 4 is 15.7 Å². The lowest BCUT2D eigenvalue weighted by Crippen LogP contribution is -2.35. The number of phenols is 1. The van der Waals surface area contributed by atoms with Crippen LogP contribution in [0.4, 0.5) is 0 Å². The van der Waals surface area contributed by atoms with Crippen molar-refractivity contribution in [3.63, 3.8) is 0 Å². The van der Waals surface area contributed by atoms with Gasteiger partial charge in [-0.05, 0) is 36.1 Å². The van der Waals surface area contributed by atoms with E-state index in [0.717, 1.165) is 11.1 Å². The number of amides is 1. The first kappa shape index (κ1) is 16.5. The molecule has 0 aliphatic carbocycles. The second-order valence-electron chi connectivity index (χ2n) is 6.09. The molecule has 126 valence electrons. The van der Waals surface area contributed by atoms with Crippen molar-refractivity contribution in [1.82, 2.24) is 5.32 Å². The molecule has 1 saturated heterocycles. The van der Waals surface area contributed by atoms with E-state index in [1.54, 1.807) is 12.1 Å². The molecule has 0 saturated carbocycles. The van der Waals surface area contributed by atoms with Gasteiger partial charge in [0.25, 0.3) is 5.91 Å². The Morgan fingerprint density at radius 1 is 1.12 bits per heavy atom. The molecule has 3 rings (SSSR count). The maximum absolute atomic E-state index is 12.4. The number of rotatable bonds is 4. The number of carbonyl (C=O) groups excluding carboxylic acids is 1. The molecule has 0 radical (unpaired) electrons. The number of hydrogen-bond donors (Lipinski definition) is 2. The molecule has 0 bridgehead atoms. The molecule has 1 aliphatic heterocycles. The summed E-state index contributed by atoms with van der Waals surface area (Å²) >= 11 is 0. The van der Waals surface area contributed by atoms with Gasteiger partial charge in [-0.15, -0.1) is 0 Å². The fourth-order valence-corrected chi connectivity index (χ4v) is 4.55. The van der Waals surface area contributed by atoms with Crippen molar-refractivity contribution in [2.75, 3.05) is 11.5 Å². The molecule has 2 aromatic rings. The van der Waals surface area contributed by atoms with Gasteiger partial charge in [0.2, 0.25) is 0 Å². The summed E-state index contributed by atoms with van der Waals surface area (Å²) in [5, 5.41) is 12.7. The van der Waals surface area contributed by atoms with Gasteiger partial charge in [0, 0.05) is 6.04 Å². The van der Waals surface area contributed by atoms with Crippen LogP contribution in [0.25, 0.3) is 0 Å². The molecular formula is C18H19NO4S. The molecule has 6 heteroatoms. The van der Waals surface area contributed by atoms with Gasteiger partial charge in [-0.25, -0.2) is 8.42 Å². The molecule has 0 aromatic heterocycles. The number of phenolic OH excluding ortho intramolecular Hbond substituents is 1. The highest BCUT2D eigenvalue weighted by atomic mass is 32.2. The van der Waals surface area contributed by atoms with Gasteiger partial charge in [0.15, 0.2) is 9.84 Å². The molecular weight excluding hydrogens is 326 g/mol. The van der Waals surface area contributed by atoms with Crippen LogP contribution in [0.2, 0.25) is 0 Å². The molecule has 0 unspecified atom stereocenters. The summed E-state index contributed by atoms with van der Waals surface area (Å²) in [4.78, 5) is 12.4. The number of carbonyl (C=O) groups is 1. The van der Waals surface area contributed by atoms with Crippen LogP contribution < -0.4 is 5.32 Å². The SMILES string of the molecule is O=C(N[C@@H]1CCS(=O)(=O)C1)c1cc(Cc2ccccc2)ccc1O. The Kier molecular flexibility index (Phi) is 4.57. The summed E-state index contributed by atoms with van der Waals surface area (Å²) in [7, 11) is -3.06. The molecule has 1 heterocycles. The number of hydrogen-bond acceptors (Lipinski definition) is 4. The minimum atomic E-state index is -3.06. The maximum atomic E-state index is 12.4. The lowest BCUT2D eigenvalue weighted by molar-refractivity contribution is 0.0938. The normalized spacial score (nSPS) is 19.1. The van der Waals surface area contributed by atoms with Crippen LogP contribution in [0.3, 0.4) is 0 Å². The lowest BCUT2D eigenvalue weighted by Gasteiger charge is -2.13. The lowest BCUT2D eigenvalue weighted by atomic mass is 10.0. The van der Waals surface area contributed by atoms with Crippen molar-refractivity contribution in [3.8, 4) is 5.75 Å². The summed E-state index contributed by atoms with van der Waals surface area (Å²) in [5.41, 5.74) is 2.19. The van der Waals surface area contributed by atoms with Crippen LogP contribution in [0.1, 0.15) is 27.9 Å². The summed E-state index contributed by atoms with van der Waals surface area (Å²) in [6.45, 7) is 0. The van der Waals surface area contributed by atoms with Crippen molar-refractivity contribution in [2.45, 2.75) is 18.9 Å². The molecule has 1 atom stereocenters. The molecule has 2 aromatic carbocycles. The third-order valence-electron chi connectivity index (χ3n) is 4.12. The van der Waals surface area contributed by atoms with E-state index in [1.165, 1.54) is 6.07 Å². The molecule has 1 amide bonds. The van der Waals surface area contributed by atoms with E-state index in [9.17, 15) is 18.3 Å². The standard InChI is InChI=1S/C18H19NO4S/c20-17-7-6-14(10-13-4-2-1-3-5-13)11-16(17)18(21)19-15-8-9-24(22,23)12-15/h1-7,11,15,20H,8-10,12H2,(H,19,21)/t15-/m1/s1. The Morgan fingerprint density at radius 2 is 1.88 bits per heavy atom. The third kappa shape index (κ3) is 3.94.